The zero-order valence-electron chi connectivity index (χ0n) is 9.86. The van der Waals surface area contributed by atoms with E-state index in [1.165, 1.54) is 5.56 Å². The van der Waals surface area contributed by atoms with E-state index in [0.29, 0.717) is 0 Å². The van der Waals surface area contributed by atoms with Crippen molar-refractivity contribution in [3.8, 4) is 0 Å². The molecule has 1 atom stereocenters. The first-order chi connectivity index (χ1) is 8.24. The highest BCUT2D eigenvalue weighted by Gasteiger charge is 2.14. The van der Waals surface area contributed by atoms with E-state index in [-0.39, 0.29) is 6.04 Å². The largest absolute Gasteiger partial charge is 0.320 e. The standard InChI is InChI=1S/C15H16ClN/c1-2-11-7-3-4-8-12(11)15(17)13-9-5-6-10-14(13)16/h3-10,15H,2,17H2,1H3. The second kappa shape index (κ2) is 5.35. The average Bonchev–Trinajstić information content (AvgIpc) is 2.38. The monoisotopic (exact) mass is 245 g/mol. The summed E-state index contributed by atoms with van der Waals surface area (Å²) < 4.78 is 0. The third kappa shape index (κ3) is 2.51. The van der Waals surface area contributed by atoms with Gasteiger partial charge in [0, 0.05) is 5.02 Å². The van der Waals surface area contributed by atoms with Crippen molar-refractivity contribution in [2.24, 2.45) is 5.73 Å². The Morgan fingerprint density at radius 1 is 1.00 bits per heavy atom. The van der Waals surface area contributed by atoms with Crippen LogP contribution in [0.4, 0.5) is 0 Å². The van der Waals surface area contributed by atoms with Gasteiger partial charge in [-0.15, -0.1) is 0 Å². The summed E-state index contributed by atoms with van der Waals surface area (Å²) >= 11 is 6.18. The summed E-state index contributed by atoms with van der Waals surface area (Å²) in [7, 11) is 0. The normalized spacial score (nSPS) is 12.4. The summed E-state index contributed by atoms with van der Waals surface area (Å²) in [4.78, 5) is 0. The topological polar surface area (TPSA) is 26.0 Å². The molecule has 2 heteroatoms. The lowest BCUT2D eigenvalue weighted by molar-refractivity contribution is 0.850. The van der Waals surface area contributed by atoms with Gasteiger partial charge < -0.3 is 5.73 Å². The number of benzene rings is 2. The molecule has 0 aliphatic rings. The lowest BCUT2D eigenvalue weighted by Gasteiger charge is -2.17. The van der Waals surface area contributed by atoms with Gasteiger partial charge in [0.2, 0.25) is 0 Å². The van der Waals surface area contributed by atoms with Crippen molar-refractivity contribution in [3.05, 3.63) is 70.2 Å². The SMILES string of the molecule is CCc1ccccc1C(N)c1ccccc1Cl. The molecule has 1 unspecified atom stereocenters. The number of nitrogens with two attached hydrogens (primary N) is 1. The van der Waals surface area contributed by atoms with Crippen LogP contribution in [0.2, 0.25) is 5.02 Å². The van der Waals surface area contributed by atoms with E-state index in [4.69, 9.17) is 17.3 Å². The smallest absolute Gasteiger partial charge is 0.0569 e. The summed E-state index contributed by atoms with van der Waals surface area (Å²) in [6, 6.07) is 15.9. The predicted octanol–water partition coefficient (Wildman–Crippen LogP) is 3.95. The molecule has 0 spiro atoms. The quantitative estimate of drug-likeness (QED) is 0.871. The Morgan fingerprint density at radius 3 is 2.24 bits per heavy atom. The van der Waals surface area contributed by atoms with Crippen molar-refractivity contribution in [1.29, 1.82) is 0 Å². The van der Waals surface area contributed by atoms with Crippen LogP contribution < -0.4 is 5.73 Å². The van der Waals surface area contributed by atoms with Crippen molar-refractivity contribution >= 4 is 11.6 Å². The molecule has 0 aliphatic heterocycles. The van der Waals surface area contributed by atoms with Crippen LogP contribution in [0.5, 0.6) is 0 Å². The van der Waals surface area contributed by atoms with Crippen LogP contribution in [0.15, 0.2) is 48.5 Å². The minimum Gasteiger partial charge on any atom is -0.320 e. The lowest BCUT2D eigenvalue weighted by Crippen LogP contribution is -2.14. The number of aryl methyl sites for hydroxylation is 1. The van der Waals surface area contributed by atoms with Gasteiger partial charge in [-0.2, -0.15) is 0 Å². The van der Waals surface area contributed by atoms with Gasteiger partial charge in [0.05, 0.1) is 6.04 Å². The number of halogens is 1. The van der Waals surface area contributed by atoms with Gasteiger partial charge >= 0.3 is 0 Å². The van der Waals surface area contributed by atoms with Crippen LogP contribution in [-0.2, 0) is 6.42 Å². The fraction of sp³-hybridized carbons (Fsp3) is 0.200. The predicted molar refractivity (Wildman–Crippen MR) is 73.3 cm³/mol. The molecule has 0 amide bonds. The van der Waals surface area contributed by atoms with Gasteiger partial charge in [-0.25, -0.2) is 0 Å². The summed E-state index contributed by atoms with van der Waals surface area (Å²) in [5.74, 6) is 0. The molecule has 2 N–H and O–H groups in total. The number of hydrogen-bond acceptors (Lipinski definition) is 1. The fourth-order valence-electron chi connectivity index (χ4n) is 2.05. The number of hydrogen-bond donors (Lipinski definition) is 1. The van der Waals surface area contributed by atoms with Gasteiger partial charge in [-0.1, -0.05) is 61.0 Å². The van der Waals surface area contributed by atoms with Crippen LogP contribution in [0.1, 0.15) is 29.7 Å². The van der Waals surface area contributed by atoms with Crippen LogP contribution in [0, 0.1) is 0 Å². The van der Waals surface area contributed by atoms with Gasteiger partial charge in [-0.3, -0.25) is 0 Å². The maximum Gasteiger partial charge on any atom is 0.0569 e. The highest BCUT2D eigenvalue weighted by atomic mass is 35.5. The molecule has 88 valence electrons. The summed E-state index contributed by atoms with van der Waals surface area (Å²) in [5.41, 5.74) is 9.72. The van der Waals surface area contributed by atoms with Crippen molar-refractivity contribution in [3.63, 3.8) is 0 Å². The fourth-order valence-corrected chi connectivity index (χ4v) is 2.31. The van der Waals surface area contributed by atoms with E-state index < -0.39 is 0 Å². The van der Waals surface area contributed by atoms with Crippen LogP contribution in [0.25, 0.3) is 0 Å². The molecule has 0 radical (unpaired) electrons. The molecule has 0 heterocycles. The Balaban J connectivity index is 2.44. The Labute approximate surface area is 107 Å². The molecule has 2 aromatic rings. The van der Waals surface area contributed by atoms with E-state index in [1.807, 2.05) is 36.4 Å². The van der Waals surface area contributed by atoms with E-state index >= 15 is 0 Å². The van der Waals surface area contributed by atoms with Crippen LogP contribution in [0.3, 0.4) is 0 Å². The molecule has 0 aliphatic carbocycles. The number of rotatable bonds is 3. The molecule has 2 rings (SSSR count). The Bertz CT molecular complexity index is 508. The molecule has 17 heavy (non-hydrogen) atoms. The van der Waals surface area contributed by atoms with Gasteiger partial charge in [0.15, 0.2) is 0 Å². The molecular weight excluding hydrogens is 230 g/mol. The molecule has 0 saturated carbocycles. The van der Waals surface area contributed by atoms with Crippen molar-refractivity contribution < 1.29 is 0 Å². The zero-order valence-corrected chi connectivity index (χ0v) is 10.6. The van der Waals surface area contributed by atoms with Crippen LogP contribution in [-0.4, -0.2) is 0 Å². The first-order valence-electron chi connectivity index (χ1n) is 5.82. The zero-order chi connectivity index (χ0) is 12.3. The molecule has 1 nitrogen and oxygen atoms in total. The van der Waals surface area contributed by atoms with E-state index in [0.717, 1.165) is 22.6 Å². The van der Waals surface area contributed by atoms with Crippen molar-refractivity contribution in [1.82, 2.24) is 0 Å². The minimum absolute atomic E-state index is 0.153. The van der Waals surface area contributed by atoms with Gasteiger partial charge in [-0.05, 0) is 29.2 Å². The third-order valence-corrected chi connectivity index (χ3v) is 3.36. The Hall–Kier alpha value is -1.31. The third-order valence-electron chi connectivity index (χ3n) is 3.01. The second-order valence-corrected chi connectivity index (χ2v) is 4.46. The summed E-state index contributed by atoms with van der Waals surface area (Å²) in [6.45, 7) is 2.14. The van der Waals surface area contributed by atoms with Gasteiger partial charge in [0.25, 0.3) is 0 Å². The molecule has 0 bridgehead atoms. The van der Waals surface area contributed by atoms with E-state index in [9.17, 15) is 0 Å². The first-order valence-corrected chi connectivity index (χ1v) is 6.19. The highest BCUT2D eigenvalue weighted by Crippen LogP contribution is 2.28. The molecule has 0 aromatic heterocycles. The Kier molecular flexibility index (Phi) is 3.82. The summed E-state index contributed by atoms with van der Waals surface area (Å²) in [6.07, 6.45) is 0.980. The van der Waals surface area contributed by atoms with Crippen LogP contribution >= 0.6 is 11.6 Å². The summed E-state index contributed by atoms with van der Waals surface area (Å²) in [5, 5.41) is 0.728. The molecular formula is C15H16ClN. The van der Waals surface area contributed by atoms with Crippen molar-refractivity contribution in [2.45, 2.75) is 19.4 Å². The van der Waals surface area contributed by atoms with Gasteiger partial charge in [0.1, 0.15) is 0 Å². The van der Waals surface area contributed by atoms with E-state index in [2.05, 4.69) is 19.1 Å². The molecule has 0 saturated heterocycles. The average molecular weight is 246 g/mol. The first kappa shape index (κ1) is 12.2. The molecule has 2 aromatic carbocycles. The maximum absolute atomic E-state index is 6.31. The van der Waals surface area contributed by atoms with E-state index in [1.54, 1.807) is 0 Å². The Morgan fingerprint density at radius 2 is 1.59 bits per heavy atom. The molecule has 0 fully saturated rings. The van der Waals surface area contributed by atoms with Crippen molar-refractivity contribution in [2.75, 3.05) is 0 Å². The highest BCUT2D eigenvalue weighted by molar-refractivity contribution is 6.31. The minimum atomic E-state index is -0.153. The second-order valence-electron chi connectivity index (χ2n) is 4.05. The maximum atomic E-state index is 6.31. The lowest BCUT2D eigenvalue weighted by atomic mass is 9.94.